The van der Waals surface area contributed by atoms with Crippen molar-refractivity contribution in [1.82, 2.24) is 20.2 Å². The maximum atomic E-state index is 12.3. The minimum Gasteiger partial charge on any atom is -0.350 e. The molecule has 2 aliphatic rings. The highest BCUT2D eigenvalue weighted by Gasteiger charge is 2.36. The SMILES string of the molecule is O=C(NCc1nccnc1Cl)[C@H]1CC[C@H]2CCCC(=O)N2C1. The van der Waals surface area contributed by atoms with Crippen molar-refractivity contribution in [3.05, 3.63) is 23.2 Å². The van der Waals surface area contributed by atoms with Gasteiger partial charge in [0.05, 0.1) is 18.2 Å². The number of carbonyl (C=O) groups is 2. The maximum Gasteiger partial charge on any atom is 0.225 e. The van der Waals surface area contributed by atoms with Crippen LogP contribution in [-0.4, -0.2) is 39.3 Å². The van der Waals surface area contributed by atoms with Gasteiger partial charge < -0.3 is 10.2 Å². The van der Waals surface area contributed by atoms with Crippen LogP contribution in [0, 0.1) is 5.92 Å². The summed E-state index contributed by atoms with van der Waals surface area (Å²) in [5, 5.41) is 3.16. The summed E-state index contributed by atoms with van der Waals surface area (Å²) in [6.07, 6.45) is 7.45. The molecule has 3 heterocycles. The normalized spacial score (nSPS) is 24.8. The highest BCUT2D eigenvalue weighted by Crippen LogP contribution is 2.29. The van der Waals surface area contributed by atoms with E-state index in [9.17, 15) is 9.59 Å². The predicted molar refractivity (Wildman–Crippen MR) is 81.0 cm³/mol. The van der Waals surface area contributed by atoms with E-state index in [4.69, 9.17) is 11.6 Å². The molecule has 1 N–H and O–H groups in total. The van der Waals surface area contributed by atoms with Crippen molar-refractivity contribution in [2.24, 2.45) is 5.92 Å². The quantitative estimate of drug-likeness (QED) is 0.916. The molecule has 0 radical (unpaired) electrons. The molecule has 0 aliphatic carbocycles. The lowest BCUT2D eigenvalue weighted by molar-refractivity contribution is -0.141. The largest absolute Gasteiger partial charge is 0.350 e. The Labute approximate surface area is 134 Å². The number of hydrogen-bond acceptors (Lipinski definition) is 4. The number of halogens is 1. The molecule has 1 aromatic rings. The minimum atomic E-state index is -0.145. The first-order chi connectivity index (χ1) is 10.6. The van der Waals surface area contributed by atoms with Gasteiger partial charge in [0.15, 0.2) is 5.15 Å². The second kappa shape index (κ2) is 6.60. The third-order valence-electron chi connectivity index (χ3n) is 4.48. The number of hydrogen-bond donors (Lipinski definition) is 1. The van der Waals surface area contributed by atoms with Gasteiger partial charge in [0.25, 0.3) is 0 Å². The molecule has 2 fully saturated rings. The minimum absolute atomic E-state index is 0.0430. The molecule has 1 aromatic heterocycles. The van der Waals surface area contributed by atoms with E-state index < -0.39 is 0 Å². The third-order valence-corrected chi connectivity index (χ3v) is 4.79. The summed E-state index contributed by atoms with van der Waals surface area (Å²) in [4.78, 5) is 34.2. The van der Waals surface area contributed by atoms with Crippen LogP contribution in [0.2, 0.25) is 5.15 Å². The summed E-state index contributed by atoms with van der Waals surface area (Å²) < 4.78 is 0. The molecule has 0 aromatic carbocycles. The van der Waals surface area contributed by atoms with Crippen LogP contribution in [-0.2, 0) is 16.1 Å². The fourth-order valence-corrected chi connectivity index (χ4v) is 3.43. The molecule has 0 saturated carbocycles. The number of nitrogens with zero attached hydrogens (tertiary/aromatic N) is 3. The van der Waals surface area contributed by atoms with Gasteiger partial charge in [0, 0.05) is 31.4 Å². The molecular formula is C15H19ClN4O2. The van der Waals surface area contributed by atoms with Crippen LogP contribution in [0.5, 0.6) is 0 Å². The van der Waals surface area contributed by atoms with Crippen LogP contribution in [0.3, 0.4) is 0 Å². The van der Waals surface area contributed by atoms with Gasteiger partial charge in [0.2, 0.25) is 11.8 Å². The molecule has 7 heteroatoms. The van der Waals surface area contributed by atoms with E-state index in [0.29, 0.717) is 29.9 Å². The number of rotatable bonds is 3. The molecule has 2 saturated heterocycles. The topological polar surface area (TPSA) is 75.2 Å². The molecule has 0 spiro atoms. The molecule has 118 valence electrons. The van der Waals surface area contributed by atoms with Crippen LogP contribution in [0.15, 0.2) is 12.4 Å². The first-order valence-corrected chi connectivity index (χ1v) is 8.05. The van der Waals surface area contributed by atoms with Crippen LogP contribution in [0.4, 0.5) is 0 Å². The van der Waals surface area contributed by atoms with Crippen LogP contribution < -0.4 is 5.32 Å². The van der Waals surface area contributed by atoms with Crippen molar-refractivity contribution < 1.29 is 9.59 Å². The number of nitrogens with one attached hydrogen (secondary N) is 1. The van der Waals surface area contributed by atoms with Gasteiger partial charge in [-0.05, 0) is 25.7 Å². The standard InChI is InChI=1S/C15H19ClN4O2/c16-14-12(17-6-7-18-14)8-19-15(22)10-4-5-11-2-1-3-13(21)20(11)9-10/h6-7,10-11H,1-5,8-9H2,(H,19,22)/t10-,11+/m0/s1. The average Bonchev–Trinajstić information content (AvgIpc) is 2.54. The fraction of sp³-hybridized carbons (Fsp3) is 0.600. The zero-order chi connectivity index (χ0) is 15.5. The smallest absolute Gasteiger partial charge is 0.225 e. The van der Waals surface area contributed by atoms with Gasteiger partial charge in [-0.1, -0.05) is 11.6 Å². The summed E-state index contributed by atoms with van der Waals surface area (Å²) in [5.41, 5.74) is 0.556. The molecule has 2 atom stereocenters. The summed E-state index contributed by atoms with van der Waals surface area (Å²) in [6, 6.07) is 0.333. The second-order valence-electron chi connectivity index (χ2n) is 5.88. The summed E-state index contributed by atoms with van der Waals surface area (Å²) in [5.74, 6) is -0.00184. The summed E-state index contributed by atoms with van der Waals surface area (Å²) >= 11 is 5.93. The van der Waals surface area contributed by atoms with Crippen LogP contribution >= 0.6 is 11.6 Å². The Balaban J connectivity index is 1.57. The van der Waals surface area contributed by atoms with E-state index in [-0.39, 0.29) is 24.3 Å². The average molecular weight is 323 g/mol. The van der Waals surface area contributed by atoms with E-state index >= 15 is 0 Å². The Morgan fingerprint density at radius 2 is 2.14 bits per heavy atom. The van der Waals surface area contributed by atoms with E-state index in [1.807, 2.05) is 4.90 Å². The first kappa shape index (κ1) is 15.2. The van der Waals surface area contributed by atoms with Gasteiger partial charge in [-0.25, -0.2) is 4.98 Å². The van der Waals surface area contributed by atoms with Gasteiger partial charge in [-0.2, -0.15) is 0 Å². The zero-order valence-corrected chi connectivity index (χ0v) is 13.1. The number of fused-ring (bicyclic) bond motifs is 1. The summed E-state index contributed by atoms with van der Waals surface area (Å²) in [6.45, 7) is 0.795. The van der Waals surface area contributed by atoms with E-state index in [1.165, 1.54) is 6.20 Å². The van der Waals surface area contributed by atoms with Crippen molar-refractivity contribution in [2.75, 3.05) is 6.54 Å². The second-order valence-corrected chi connectivity index (χ2v) is 6.24. The Bertz CT molecular complexity index is 580. The molecule has 22 heavy (non-hydrogen) atoms. The van der Waals surface area contributed by atoms with Crippen molar-refractivity contribution in [1.29, 1.82) is 0 Å². The Morgan fingerprint density at radius 1 is 1.32 bits per heavy atom. The van der Waals surface area contributed by atoms with E-state index in [2.05, 4.69) is 15.3 Å². The van der Waals surface area contributed by atoms with Crippen molar-refractivity contribution in [2.45, 2.75) is 44.7 Å². The highest BCUT2D eigenvalue weighted by atomic mass is 35.5. The maximum absolute atomic E-state index is 12.3. The number of aromatic nitrogens is 2. The fourth-order valence-electron chi connectivity index (χ4n) is 3.26. The monoisotopic (exact) mass is 322 g/mol. The highest BCUT2D eigenvalue weighted by molar-refractivity contribution is 6.29. The molecule has 2 aliphatic heterocycles. The van der Waals surface area contributed by atoms with Crippen molar-refractivity contribution in [3.63, 3.8) is 0 Å². The third kappa shape index (κ3) is 3.21. The number of piperidine rings is 2. The van der Waals surface area contributed by atoms with Crippen LogP contribution in [0.1, 0.15) is 37.8 Å². The Hall–Kier alpha value is -1.69. The Morgan fingerprint density at radius 3 is 2.95 bits per heavy atom. The van der Waals surface area contributed by atoms with Crippen molar-refractivity contribution >= 4 is 23.4 Å². The van der Waals surface area contributed by atoms with Crippen molar-refractivity contribution in [3.8, 4) is 0 Å². The van der Waals surface area contributed by atoms with E-state index in [1.54, 1.807) is 6.20 Å². The molecule has 0 bridgehead atoms. The summed E-state index contributed by atoms with van der Waals surface area (Å²) in [7, 11) is 0. The van der Waals surface area contributed by atoms with Crippen LogP contribution in [0.25, 0.3) is 0 Å². The lowest BCUT2D eigenvalue weighted by atomic mass is 9.87. The molecule has 2 amide bonds. The number of amides is 2. The molecule has 3 rings (SSSR count). The zero-order valence-electron chi connectivity index (χ0n) is 12.3. The first-order valence-electron chi connectivity index (χ1n) is 7.67. The lowest BCUT2D eigenvalue weighted by Gasteiger charge is -2.42. The lowest BCUT2D eigenvalue weighted by Crippen LogP contribution is -2.52. The molecule has 0 unspecified atom stereocenters. The molecular weight excluding hydrogens is 304 g/mol. The molecule has 6 nitrogen and oxygen atoms in total. The van der Waals surface area contributed by atoms with Gasteiger partial charge in [-0.3, -0.25) is 14.6 Å². The van der Waals surface area contributed by atoms with Gasteiger partial charge in [0.1, 0.15) is 0 Å². The Kier molecular flexibility index (Phi) is 4.57. The number of carbonyl (C=O) groups excluding carboxylic acids is 2. The van der Waals surface area contributed by atoms with Gasteiger partial charge in [-0.15, -0.1) is 0 Å². The van der Waals surface area contributed by atoms with Gasteiger partial charge >= 0.3 is 0 Å². The predicted octanol–water partition coefficient (Wildman–Crippen LogP) is 1.54. The van der Waals surface area contributed by atoms with E-state index in [0.717, 1.165) is 25.7 Å².